The van der Waals surface area contributed by atoms with Crippen LogP contribution in [0.25, 0.3) is 0 Å². The van der Waals surface area contributed by atoms with Gasteiger partial charge >= 0.3 is 6.09 Å². The summed E-state index contributed by atoms with van der Waals surface area (Å²) in [6, 6.07) is 0. The number of carbonyl (C=O) groups is 1. The van der Waals surface area contributed by atoms with E-state index in [1.54, 1.807) is 7.05 Å². The van der Waals surface area contributed by atoms with Crippen molar-refractivity contribution >= 4 is 12.1 Å². The fourth-order valence-corrected chi connectivity index (χ4v) is 2.35. The Morgan fingerprint density at radius 1 is 1.27 bits per heavy atom. The Balaban J connectivity index is 2.29. The van der Waals surface area contributed by atoms with Crippen molar-refractivity contribution in [3.8, 4) is 0 Å². The van der Waals surface area contributed by atoms with Crippen LogP contribution in [-0.4, -0.2) is 55.8 Å². The van der Waals surface area contributed by atoms with Gasteiger partial charge in [0.1, 0.15) is 5.60 Å². The van der Waals surface area contributed by atoms with Gasteiger partial charge in [-0.1, -0.05) is 6.92 Å². The van der Waals surface area contributed by atoms with Crippen molar-refractivity contribution in [1.82, 2.24) is 15.5 Å². The fourth-order valence-electron chi connectivity index (χ4n) is 2.35. The van der Waals surface area contributed by atoms with Crippen molar-refractivity contribution < 1.29 is 9.53 Å². The van der Waals surface area contributed by atoms with Gasteiger partial charge in [0.05, 0.1) is 0 Å². The molecule has 0 aliphatic carbocycles. The number of piperidine rings is 1. The van der Waals surface area contributed by atoms with Gasteiger partial charge in [-0.2, -0.15) is 0 Å². The van der Waals surface area contributed by atoms with Crippen LogP contribution in [0.15, 0.2) is 4.99 Å². The number of carbonyl (C=O) groups excluding carboxylic acids is 1. The van der Waals surface area contributed by atoms with Gasteiger partial charge in [0.25, 0.3) is 0 Å². The predicted molar refractivity (Wildman–Crippen MR) is 90.2 cm³/mol. The zero-order valence-electron chi connectivity index (χ0n) is 14.7. The Hall–Kier alpha value is -1.46. The second-order valence-corrected chi connectivity index (χ2v) is 6.79. The number of ether oxygens (including phenoxy) is 1. The maximum atomic E-state index is 12.0. The molecule has 0 saturated carbocycles. The van der Waals surface area contributed by atoms with E-state index in [2.05, 4.69) is 22.5 Å². The summed E-state index contributed by atoms with van der Waals surface area (Å²) in [5.41, 5.74) is -0.424. The number of rotatable bonds is 4. The summed E-state index contributed by atoms with van der Waals surface area (Å²) >= 11 is 0. The Labute approximate surface area is 134 Å². The summed E-state index contributed by atoms with van der Waals surface area (Å²) in [7, 11) is 1.79. The van der Waals surface area contributed by atoms with E-state index in [9.17, 15) is 4.79 Å². The Bertz CT molecular complexity index is 369. The van der Waals surface area contributed by atoms with Crippen LogP contribution < -0.4 is 10.6 Å². The third-order valence-corrected chi connectivity index (χ3v) is 3.59. The lowest BCUT2D eigenvalue weighted by Crippen LogP contribution is -2.45. The molecule has 1 amide bonds. The summed E-state index contributed by atoms with van der Waals surface area (Å²) in [4.78, 5) is 18.0. The lowest BCUT2D eigenvalue weighted by atomic mass is 9.97. The number of nitrogens with one attached hydrogen (secondary N) is 2. The summed E-state index contributed by atoms with van der Waals surface area (Å²) in [5, 5.41) is 6.63. The lowest BCUT2D eigenvalue weighted by molar-refractivity contribution is 0.0185. The maximum Gasteiger partial charge on any atom is 0.410 e. The molecule has 0 radical (unpaired) electrons. The van der Waals surface area contributed by atoms with Gasteiger partial charge in [-0.3, -0.25) is 4.99 Å². The first-order valence-electron chi connectivity index (χ1n) is 8.28. The molecule has 6 heteroatoms. The van der Waals surface area contributed by atoms with Gasteiger partial charge in [-0.15, -0.1) is 0 Å². The van der Waals surface area contributed by atoms with Crippen molar-refractivity contribution in [1.29, 1.82) is 0 Å². The molecular weight excluding hydrogens is 280 g/mol. The molecule has 0 bridgehead atoms. The first-order valence-corrected chi connectivity index (χ1v) is 8.28. The second kappa shape index (κ2) is 8.86. The van der Waals surface area contributed by atoms with Crippen molar-refractivity contribution in [2.45, 2.75) is 52.6 Å². The van der Waals surface area contributed by atoms with Gasteiger partial charge in [-0.05, 0) is 46.0 Å². The van der Waals surface area contributed by atoms with Crippen LogP contribution in [0.3, 0.4) is 0 Å². The standard InChI is InChI=1S/C16H32N4O2/c1-6-9-18-14(17-5)19-12-13-7-10-20(11-8-13)15(21)22-16(2,3)4/h13H,6-12H2,1-5H3,(H2,17,18,19). The van der Waals surface area contributed by atoms with Crippen molar-refractivity contribution in [3.05, 3.63) is 0 Å². The highest BCUT2D eigenvalue weighted by Gasteiger charge is 2.26. The highest BCUT2D eigenvalue weighted by Crippen LogP contribution is 2.19. The average molecular weight is 312 g/mol. The number of amides is 1. The Morgan fingerprint density at radius 2 is 1.91 bits per heavy atom. The summed E-state index contributed by atoms with van der Waals surface area (Å²) in [5.74, 6) is 1.43. The molecule has 1 fully saturated rings. The summed E-state index contributed by atoms with van der Waals surface area (Å²) in [6.07, 6.45) is 2.88. The normalized spacial score (nSPS) is 17.3. The van der Waals surface area contributed by atoms with E-state index in [1.165, 1.54) is 0 Å². The van der Waals surface area contributed by atoms with E-state index >= 15 is 0 Å². The molecule has 22 heavy (non-hydrogen) atoms. The number of hydrogen-bond acceptors (Lipinski definition) is 3. The quantitative estimate of drug-likeness (QED) is 0.617. The van der Waals surface area contributed by atoms with Crippen LogP contribution in [0.2, 0.25) is 0 Å². The molecule has 0 aromatic carbocycles. The highest BCUT2D eigenvalue weighted by molar-refractivity contribution is 5.79. The molecule has 2 N–H and O–H groups in total. The SMILES string of the molecule is CCCNC(=NC)NCC1CCN(C(=O)OC(C)(C)C)CC1. The molecule has 1 rings (SSSR count). The van der Waals surface area contributed by atoms with E-state index in [0.717, 1.165) is 51.4 Å². The van der Waals surface area contributed by atoms with Crippen molar-refractivity contribution in [3.63, 3.8) is 0 Å². The minimum Gasteiger partial charge on any atom is -0.444 e. The molecule has 1 aliphatic rings. The number of hydrogen-bond donors (Lipinski definition) is 2. The first kappa shape index (κ1) is 18.6. The Kier molecular flexibility index (Phi) is 7.48. The Morgan fingerprint density at radius 3 is 2.41 bits per heavy atom. The molecule has 128 valence electrons. The zero-order chi connectivity index (χ0) is 16.6. The zero-order valence-corrected chi connectivity index (χ0v) is 14.7. The second-order valence-electron chi connectivity index (χ2n) is 6.79. The molecule has 0 aromatic heterocycles. The van der Waals surface area contributed by atoms with Crippen LogP contribution in [0, 0.1) is 5.92 Å². The van der Waals surface area contributed by atoms with Crippen LogP contribution in [-0.2, 0) is 4.74 Å². The minimum absolute atomic E-state index is 0.195. The number of guanidine groups is 1. The fraction of sp³-hybridized carbons (Fsp3) is 0.875. The van der Waals surface area contributed by atoms with Crippen LogP contribution >= 0.6 is 0 Å². The molecule has 1 saturated heterocycles. The monoisotopic (exact) mass is 312 g/mol. The molecule has 0 spiro atoms. The molecule has 0 unspecified atom stereocenters. The van der Waals surface area contributed by atoms with Crippen molar-refractivity contribution in [2.24, 2.45) is 10.9 Å². The van der Waals surface area contributed by atoms with Crippen LogP contribution in [0.1, 0.15) is 47.0 Å². The van der Waals surface area contributed by atoms with Crippen LogP contribution in [0.4, 0.5) is 4.79 Å². The number of nitrogens with zero attached hydrogens (tertiary/aromatic N) is 2. The molecule has 1 heterocycles. The minimum atomic E-state index is -0.424. The van der Waals surface area contributed by atoms with Gasteiger partial charge in [0, 0.05) is 33.2 Å². The largest absolute Gasteiger partial charge is 0.444 e. The predicted octanol–water partition coefficient (Wildman–Crippen LogP) is 2.21. The first-order chi connectivity index (χ1) is 10.4. The molecule has 0 atom stereocenters. The van der Waals surface area contributed by atoms with Gasteiger partial charge in [-0.25, -0.2) is 4.79 Å². The molecular formula is C16H32N4O2. The molecule has 6 nitrogen and oxygen atoms in total. The van der Waals surface area contributed by atoms with E-state index in [1.807, 2.05) is 25.7 Å². The molecule has 0 aromatic rings. The van der Waals surface area contributed by atoms with Gasteiger partial charge in [0.2, 0.25) is 0 Å². The number of aliphatic imine (C=N–C) groups is 1. The number of likely N-dealkylation sites (tertiary alicyclic amines) is 1. The van der Waals surface area contributed by atoms with E-state index in [4.69, 9.17) is 4.74 Å². The lowest BCUT2D eigenvalue weighted by Gasteiger charge is -2.33. The van der Waals surface area contributed by atoms with E-state index in [-0.39, 0.29) is 6.09 Å². The summed E-state index contributed by atoms with van der Waals surface area (Å²) in [6.45, 7) is 11.2. The topological polar surface area (TPSA) is 66.0 Å². The van der Waals surface area contributed by atoms with Gasteiger partial charge in [0.15, 0.2) is 5.96 Å². The van der Waals surface area contributed by atoms with Crippen LogP contribution in [0.5, 0.6) is 0 Å². The van der Waals surface area contributed by atoms with E-state index in [0.29, 0.717) is 5.92 Å². The van der Waals surface area contributed by atoms with Crippen molar-refractivity contribution in [2.75, 3.05) is 33.2 Å². The summed E-state index contributed by atoms with van der Waals surface area (Å²) < 4.78 is 5.41. The molecule has 1 aliphatic heterocycles. The maximum absolute atomic E-state index is 12.0. The highest BCUT2D eigenvalue weighted by atomic mass is 16.6. The smallest absolute Gasteiger partial charge is 0.410 e. The van der Waals surface area contributed by atoms with Gasteiger partial charge < -0.3 is 20.3 Å². The third-order valence-electron chi connectivity index (χ3n) is 3.59. The third kappa shape index (κ3) is 7.00. The van der Waals surface area contributed by atoms with E-state index < -0.39 is 5.60 Å². The average Bonchev–Trinajstić information content (AvgIpc) is 2.46.